The molecule has 0 spiro atoms. The molecule has 0 atom stereocenters. The molecule has 5 heteroatoms. The van der Waals surface area contributed by atoms with Gasteiger partial charge in [-0.05, 0) is 34.3 Å². The number of hydrogen-bond donors (Lipinski definition) is 0. The van der Waals surface area contributed by atoms with Crippen molar-refractivity contribution in [3.63, 3.8) is 0 Å². The third-order valence-electron chi connectivity index (χ3n) is 1.99. The highest BCUT2D eigenvalue weighted by Gasteiger charge is 2.04. The van der Waals surface area contributed by atoms with Gasteiger partial charge in [0.1, 0.15) is 0 Å². The molecule has 0 aliphatic heterocycles. The summed E-state index contributed by atoms with van der Waals surface area (Å²) in [5, 5.41) is 10.4. The lowest BCUT2D eigenvalue weighted by Gasteiger charge is -1.98. The zero-order chi connectivity index (χ0) is 11.3. The van der Waals surface area contributed by atoms with Crippen LogP contribution in [0.5, 0.6) is 0 Å². The minimum atomic E-state index is -0.425. The van der Waals surface area contributed by atoms with Crippen LogP contribution in [0.15, 0.2) is 24.3 Å². The van der Waals surface area contributed by atoms with Crippen LogP contribution in [0.4, 0.5) is 5.69 Å². The summed E-state index contributed by atoms with van der Waals surface area (Å²) in [4.78, 5) is 20.6. The summed E-state index contributed by atoms with van der Waals surface area (Å²) < 4.78 is -0.00980. The molecule has 1 aromatic carbocycles. The van der Waals surface area contributed by atoms with E-state index in [9.17, 15) is 14.9 Å². The number of nitrogens with zero attached hydrogens (tertiary/aromatic N) is 1. The first-order chi connectivity index (χ1) is 7.09. The number of benzene rings is 1. The predicted octanol–water partition coefficient (Wildman–Crippen LogP) is 2.84. The molecule has 0 aromatic heterocycles. The van der Waals surface area contributed by atoms with Gasteiger partial charge in [-0.15, -0.1) is 0 Å². The maximum atomic E-state index is 10.6. The zero-order valence-corrected chi connectivity index (χ0v) is 9.57. The molecule has 15 heavy (non-hydrogen) atoms. The fraction of sp³-hybridized carbons (Fsp3) is 0.300. The van der Waals surface area contributed by atoms with Crippen molar-refractivity contribution in [1.29, 1.82) is 0 Å². The number of carbonyl (C=O) groups is 1. The fourth-order valence-electron chi connectivity index (χ4n) is 1.22. The van der Waals surface area contributed by atoms with E-state index in [0.717, 1.165) is 18.4 Å². The molecule has 0 aliphatic rings. The number of nitro benzene ring substituents is 1. The molecular formula is C10H10BrNO3. The molecule has 0 unspecified atom stereocenters. The van der Waals surface area contributed by atoms with Crippen LogP contribution < -0.4 is 0 Å². The lowest BCUT2D eigenvalue weighted by Crippen LogP contribution is -1.91. The van der Waals surface area contributed by atoms with Crippen LogP contribution in [0, 0.1) is 10.1 Å². The van der Waals surface area contributed by atoms with Crippen LogP contribution in [0.1, 0.15) is 18.4 Å². The summed E-state index contributed by atoms with van der Waals surface area (Å²) in [6, 6.07) is 6.39. The maximum absolute atomic E-state index is 10.6. The van der Waals surface area contributed by atoms with Crippen LogP contribution in [-0.4, -0.2) is 9.62 Å². The van der Waals surface area contributed by atoms with E-state index in [1.807, 2.05) is 0 Å². The average Bonchev–Trinajstić information content (AvgIpc) is 2.18. The number of rotatable bonds is 5. The van der Waals surface area contributed by atoms with Gasteiger partial charge < -0.3 is 0 Å². The number of hydrogen-bond acceptors (Lipinski definition) is 3. The van der Waals surface area contributed by atoms with Gasteiger partial charge in [0.05, 0.1) is 4.92 Å². The smallest absolute Gasteiger partial charge is 0.269 e. The van der Waals surface area contributed by atoms with Gasteiger partial charge in [0.15, 0.2) is 4.69 Å². The van der Waals surface area contributed by atoms with Gasteiger partial charge in [-0.25, -0.2) is 0 Å². The first-order valence-corrected chi connectivity index (χ1v) is 5.30. The summed E-state index contributed by atoms with van der Waals surface area (Å²) >= 11 is 2.85. The Balaban J connectivity index is 2.50. The highest BCUT2D eigenvalue weighted by molar-refractivity contribution is 9.18. The van der Waals surface area contributed by atoms with Crippen molar-refractivity contribution in [3.8, 4) is 0 Å². The topological polar surface area (TPSA) is 60.2 Å². The molecule has 0 heterocycles. The number of non-ortho nitro benzene ring substituents is 1. The van der Waals surface area contributed by atoms with E-state index >= 15 is 0 Å². The van der Waals surface area contributed by atoms with Crippen molar-refractivity contribution < 1.29 is 9.72 Å². The molecule has 0 fully saturated rings. The van der Waals surface area contributed by atoms with E-state index in [2.05, 4.69) is 15.9 Å². The van der Waals surface area contributed by atoms with Crippen molar-refractivity contribution in [2.75, 3.05) is 0 Å². The van der Waals surface area contributed by atoms with Gasteiger partial charge in [0, 0.05) is 18.6 Å². The largest absolute Gasteiger partial charge is 0.287 e. The lowest BCUT2D eigenvalue weighted by molar-refractivity contribution is -0.384. The van der Waals surface area contributed by atoms with Gasteiger partial charge >= 0.3 is 0 Å². The van der Waals surface area contributed by atoms with Gasteiger partial charge in [-0.1, -0.05) is 12.1 Å². The van der Waals surface area contributed by atoms with Gasteiger partial charge in [-0.2, -0.15) is 0 Å². The molecule has 0 saturated carbocycles. The fourth-order valence-corrected chi connectivity index (χ4v) is 1.50. The third-order valence-corrected chi connectivity index (χ3v) is 2.38. The molecule has 0 N–H and O–H groups in total. The van der Waals surface area contributed by atoms with E-state index in [4.69, 9.17) is 0 Å². The van der Waals surface area contributed by atoms with Crippen LogP contribution in [-0.2, 0) is 11.2 Å². The molecule has 0 bridgehead atoms. The Morgan fingerprint density at radius 2 is 1.93 bits per heavy atom. The minimum Gasteiger partial charge on any atom is -0.287 e. The molecule has 0 aliphatic carbocycles. The molecule has 1 rings (SSSR count). The molecule has 4 nitrogen and oxygen atoms in total. The Labute approximate surface area is 95.6 Å². The standard InChI is InChI=1S/C10H10BrNO3/c11-10(13)3-1-2-8-4-6-9(7-5-8)12(14)15/h4-7H,1-3H2. The van der Waals surface area contributed by atoms with Crippen molar-refractivity contribution in [1.82, 2.24) is 0 Å². The Bertz CT molecular complexity index is 361. The van der Waals surface area contributed by atoms with Crippen LogP contribution in [0.2, 0.25) is 0 Å². The second-order valence-corrected chi connectivity index (χ2v) is 4.02. The molecule has 0 saturated heterocycles. The number of halogens is 1. The maximum Gasteiger partial charge on any atom is 0.269 e. The minimum absolute atomic E-state index is 0.00980. The van der Waals surface area contributed by atoms with Gasteiger partial charge in [0.2, 0.25) is 0 Å². The molecule has 80 valence electrons. The van der Waals surface area contributed by atoms with Crippen molar-refractivity contribution >= 4 is 26.3 Å². The SMILES string of the molecule is O=C(Br)CCCc1ccc([N+](=O)[O-])cc1. The number of nitro groups is 1. The second-order valence-electron chi connectivity index (χ2n) is 3.13. The van der Waals surface area contributed by atoms with Crippen LogP contribution in [0.3, 0.4) is 0 Å². The summed E-state index contributed by atoms with van der Waals surface area (Å²) in [6.45, 7) is 0. The second kappa shape index (κ2) is 5.60. The predicted molar refractivity (Wildman–Crippen MR) is 60.0 cm³/mol. The summed E-state index contributed by atoms with van der Waals surface area (Å²) in [5.41, 5.74) is 1.10. The van der Waals surface area contributed by atoms with Crippen LogP contribution in [0.25, 0.3) is 0 Å². The van der Waals surface area contributed by atoms with Crippen LogP contribution >= 0.6 is 15.9 Å². The molecule has 1 aromatic rings. The van der Waals surface area contributed by atoms with E-state index in [1.165, 1.54) is 12.1 Å². The van der Waals surface area contributed by atoms with E-state index in [-0.39, 0.29) is 10.4 Å². The molecule has 0 amide bonds. The summed E-state index contributed by atoms with van der Waals surface area (Å²) in [5.74, 6) is 0. The number of carbonyl (C=O) groups excluding carboxylic acids is 1. The van der Waals surface area contributed by atoms with Gasteiger partial charge in [-0.3, -0.25) is 14.9 Å². The van der Waals surface area contributed by atoms with Gasteiger partial charge in [0.25, 0.3) is 5.69 Å². The third kappa shape index (κ3) is 4.20. The summed E-state index contributed by atoms with van der Waals surface area (Å²) in [6.07, 6.45) is 1.99. The zero-order valence-electron chi connectivity index (χ0n) is 7.98. The number of aryl methyl sites for hydroxylation is 1. The molecular weight excluding hydrogens is 262 g/mol. The average molecular weight is 272 g/mol. The monoisotopic (exact) mass is 271 g/mol. The Hall–Kier alpha value is -1.23. The normalized spacial score (nSPS) is 9.93. The highest BCUT2D eigenvalue weighted by Crippen LogP contribution is 2.13. The van der Waals surface area contributed by atoms with E-state index < -0.39 is 4.92 Å². The quantitative estimate of drug-likeness (QED) is 0.470. The first kappa shape index (κ1) is 11.8. The van der Waals surface area contributed by atoms with Crippen molar-refractivity contribution in [2.45, 2.75) is 19.3 Å². The van der Waals surface area contributed by atoms with Crippen molar-refractivity contribution in [3.05, 3.63) is 39.9 Å². The van der Waals surface area contributed by atoms with Crippen molar-refractivity contribution in [2.24, 2.45) is 0 Å². The lowest BCUT2D eigenvalue weighted by atomic mass is 10.1. The highest BCUT2D eigenvalue weighted by atomic mass is 79.9. The van der Waals surface area contributed by atoms with E-state index in [1.54, 1.807) is 12.1 Å². The van der Waals surface area contributed by atoms with E-state index in [0.29, 0.717) is 6.42 Å². The molecule has 0 radical (unpaired) electrons. The Morgan fingerprint density at radius 1 is 1.33 bits per heavy atom. The first-order valence-electron chi connectivity index (χ1n) is 4.51. The Morgan fingerprint density at radius 3 is 2.40 bits per heavy atom. The summed E-state index contributed by atoms with van der Waals surface area (Å²) in [7, 11) is 0. The Kier molecular flexibility index (Phi) is 4.42.